The molecule has 1 fully saturated rings. The van der Waals surface area contributed by atoms with E-state index >= 15 is 0 Å². The van der Waals surface area contributed by atoms with E-state index in [1.165, 1.54) is 0 Å². The molecule has 108 valence electrons. The Labute approximate surface area is 111 Å². The second-order valence-electron chi connectivity index (χ2n) is 5.18. The van der Waals surface area contributed by atoms with E-state index in [9.17, 15) is 14.4 Å². The SMILES string of the molecule is CC(C)CN1CC(C(=O)NC(CO)C(=O)O)CC1=O. The van der Waals surface area contributed by atoms with E-state index in [4.69, 9.17) is 10.2 Å². The topological polar surface area (TPSA) is 107 Å². The summed E-state index contributed by atoms with van der Waals surface area (Å²) in [5, 5.41) is 19.8. The molecule has 1 aliphatic heterocycles. The molecule has 2 atom stereocenters. The first kappa shape index (κ1) is 15.4. The van der Waals surface area contributed by atoms with Gasteiger partial charge in [0.15, 0.2) is 0 Å². The van der Waals surface area contributed by atoms with Crippen molar-refractivity contribution in [3.63, 3.8) is 0 Å². The number of rotatable bonds is 6. The standard InChI is InChI=1S/C12H20N2O5/c1-7(2)4-14-5-8(3-10(14)16)11(17)13-9(6-15)12(18)19/h7-9,15H,3-6H2,1-2H3,(H,13,17)(H,18,19). The predicted molar refractivity (Wildman–Crippen MR) is 66.2 cm³/mol. The van der Waals surface area contributed by atoms with Crippen LogP contribution in [-0.2, 0) is 14.4 Å². The zero-order valence-electron chi connectivity index (χ0n) is 11.1. The van der Waals surface area contributed by atoms with E-state index in [2.05, 4.69) is 5.32 Å². The van der Waals surface area contributed by atoms with Gasteiger partial charge in [-0.25, -0.2) is 4.79 Å². The number of aliphatic carboxylic acids is 1. The summed E-state index contributed by atoms with van der Waals surface area (Å²) in [5.41, 5.74) is 0. The molecule has 0 bridgehead atoms. The van der Waals surface area contributed by atoms with Gasteiger partial charge in [0.25, 0.3) is 0 Å². The Kier molecular flexibility index (Phi) is 5.29. The molecule has 1 aliphatic rings. The van der Waals surface area contributed by atoms with E-state index in [1.54, 1.807) is 4.90 Å². The number of carbonyl (C=O) groups excluding carboxylic acids is 2. The molecule has 0 spiro atoms. The third-order valence-corrected chi connectivity index (χ3v) is 2.97. The van der Waals surface area contributed by atoms with Crippen LogP contribution in [0.5, 0.6) is 0 Å². The van der Waals surface area contributed by atoms with Crippen LogP contribution in [0.2, 0.25) is 0 Å². The third kappa shape index (κ3) is 4.20. The smallest absolute Gasteiger partial charge is 0.328 e. The maximum absolute atomic E-state index is 11.8. The quantitative estimate of drug-likeness (QED) is 0.578. The maximum atomic E-state index is 11.8. The minimum atomic E-state index is -1.32. The lowest BCUT2D eigenvalue weighted by molar-refractivity contribution is -0.143. The summed E-state index contributed by atoms with van der Waals surface area (Å²) in [5.74, 6) is -2.11. The largest absolute Gasteiger partial charge is 0.480 e. The van der Waals surface area contributed by atoms with E-state index in [0.717, 1.165) is 0 Å². The number of aliphatic hydroxyl groups is 1. The number of hydrogen-bond acceptors (Lipinski definition) is 4. The molecule has 1 saturated heterocycles. The molecule has 7 heteroatoms. The Morgan fingerprint density at radius 3 is 2.58 bits per heavy atom. The maximum Gasteiger partial charge on any atom is 0.328 e. The predicted octanol–water partition coefficient (Wildman–Crippen LogP) is -0.947. The molecule has 0 aromatic carbocycles. The van der Waals surface area contributed by atoms with Crippen molar-refractivity contribution in [3.8, 4) is 0 Å². The molecule has 1 heterocycles. The van der Waals surface area contributed by atoms with Crippen LogP contribution in [-0.4, -0.2) is 58.6 Å². The van der Waals surface area contributed by atoms with Gasteiger partial charge in [0.2, 0.25) is 11.8 Å². The van der Waals surface area contributed by atoms with Gasteiger partial charge in [0, 0.05) is 19.5 Å². The first-order valence-corrected chi connectivity index (χ1v) is 6.27. The summed E-state index contributed by atoms with van der Waals surface area (Å²) in [6, 6.07) is -1.32. The number of nitrogens with zero attached hydrogens (tertiary/aromatic N) is 1. The van der Waals surface area contributed by atoms with Crippen LogP contribution in [0.15, 0.2) is 0 Å². The number of hydrogen-bond donors (Lipinski definition) is 3. The van der Waals surface area contributed by atoms with Crippen molar-refractivity contribution >= 4 is 17.8 Å². The lowest BCUT2D eigenvalue weighted by Gasteiger charge is -2.19. The van der Waals surface area contributed by atoms with Crippen LogP contribution in [0.3, 0.4) is 0 Å². The number of carbonyl (C=O) groups is 3. The molecule has 0 aromatic rings. The Morgan fingerprint density at radius 1 is 1.47 bits per heavy atom. The Hall–Kier alpha value is -1.63. The van der Waals surface area contributed by atoms with Gasteiger partial charge in [0.05, 0.1) is 12.5 Å². The minimum absolute atomic E-state index is 0.0928. The summed E-state index contributed by atoms with van der Waals surface area (Å²) in [4.78, 5) is 35.8. The van der Waals surface area contributed by atoms with E-state index < -0.39 is 30.4 Å². The average molecular weight is 272 g/mol. The van der Waals surface area contributed by atoms with Gasteiger partial charge in [0.1, 0.15) is 6.04 Å². The fourth-order valence-corrected chi connectivity index (χ4v) is 2.04. The van der Waals surface area contributed by atoms with Crippen LogP contribution in [0, 0.1) is 11.8 Å². The molecule has 3 N–H and O–H groups in total. The molecule has 7 nitrogen and oxygen atoms in total. The van der Waals surface area contributed by atoms with Crippen LogP contribution >= 0.6 is 0 Å². The summed E-state index contributed by atoms with van der Waals surface area (Å²) in [6.07, 6.45) is 0.0936. The highest BCUT2D eigenvalue weighted by molar-refractivity contribution is 5.91. The van der Waals surface area contributed by atoms with Gasteiger partial charge in [-0.1, -0.05) is 13.8 Å². The van der Waals surface area contributed by atoms with Gasteiger partial charge in [-0.2, -0.15) is 0 Å². The average Bonchev–Trinajstić information content (AvgIpc) is 2.66. The Balaban J connectivity index is 2.55. The van der Waals surface area contributed by atoms with Crippen molar-refractivity contribution in [2.45, 2.75) is 26.3 Å². The first-order valence-electron chi connectivity index (χ1n) is 6.27. The van der Waals surface area contributed by atoms with Crippen LogP contribution in [0.1, 0.15) is 20.3 Å². The van der Waals surface area contributed by atoms with Crippen LogP contribution < -0.4 is 5.32 Å². The van der Waals surface area contributed by atoms with E-state index in [0.29, 0.717) is 19.0 Å². The Bertz CT molecular complexity index is 369. The number of aliphatic hydroxyl groups excluding tert-OH is 1. The lowest BCUT2D eigenvalue weighted by Crippen LogP contribution is -2.46. The number of amides is 2. The van der Waals surface area contributed by atoms with E-state index in [1.807, 2.05) is 13.8 Å². The number of likely N-dealkylation sites (tertiary alicyclic amines) is 1. The third-order valence-electron chi connectivity index (χ3n) is 2.97. The molecule has 1 rings (SSSR count). The minimum Gasteiger partial charge on any atom is -0.480 e. The zero-order valence-corrected chi connectivity index (χ0v) is 11.1. The molecule has 2 unspecified atom stereocenters. The van der Waals surface area contributed by atoms with Crippen molar-refractivity contribution in [1.82, 2.24) is 10.2 Å². The summed E-state index contributed by atoms with van der Waals surface area (Å²) in [6.45, 7) is 4.18. The molecule has 0 saturated carbocycles. The molecular formula is C12H20N2O5. The molecule has 0 radical (unpaired) electrons. The van der Waals surface area contributed by atoms with Gasteiger partial charge >= 0.3 is 5.97 Å². The van der Waals surface area contributed by atoms with E-state index in [-0.39, 0.29) is 12.3 Å². The highest BCUT2D eigenvalue weighted by Gasteiger charge is 2.35. The number of nitrogens with one attached hydrogen (secondary N) is 1. The normalized spacial score (nSPS) is 20.7. The van der Waals surface area contributed by atoms with Gasteiger partial charge < -0.3 is 20.4 Å². The number of carboxylic acids is 1. The molecule has 2 amide bonds. The Morgan fingerprint density at radius 2 is 2.11 bits per heavy atom. The zero-order chi connectivity index (χ0) is 14.6. The fourth-order valence-electron chi connectivity index (χ4n) is 2.04. The molecule has 19 heavy (non-hydrogen) atoms. The van der Waals surface area contributed by atoms with Gasteiger partial charge in [-0.15, -0.1) is 0 Å². The van der Waals surface area contributed by atoms with Crippen molar-refractivity contribution < 1.29 is 24.6 Å². The second-order valence-corrected chi connectivity index (χ2v) is 5.18. The summed E-state index contributed by atoms with van der Waals surface area (Å²) < 4.78 is 0. The van der Waals surface area contributed by atoms with Gasteiger partial charge in [-0.3, -0.25) is 9.59 Å². The monoisotopic (exact) mass is 272 g/mol. The lowest BCUT2D eigenvalue weighted by atomic mass is 10.1. The van der Waals surface area contributed by atoms with Crippen LogP contribution in [0.4, 0.5) is 0 Å². The van der Waals surface area contributed by atoms with Crippen molar-refractivity contribution in [2.24, 2.45) is 11.8 Å². The molecule has 0 aromatic heterocycles. The highest BCUT2D eigenvalue weighted by atomic mass is 16.4. The second kappa shape index (κ2) is 6.51. The first-order chi connectivity index (χ1) is 8.85. The highest BCUT2D eigenvalue weighted by Crippen LogP contribution is 2.19. The molecule has 0 aliphatic carbocycles. The molecular weight excluding hydrogens is 252 g/mol. The van der Waals surface area contributed by atoms with Crippen molar-refractivity contribution in [2.75, 3.05) is 19.7 Å². The fraction of sp³-hybridized carbons (Fsp3) is 0.750. The van der Waals surface area contributed by atoms with Crippen molar-refractivity contribution in [3.05, 3.63) is 0 Å². The van der Waals surface area contributed by atoms with Crippen LogP contribution in [0.25, 0.3) is 0 Å². The van der Waals surface area contributed by atoms with Gasteiger partial charge in [-0.05, 0) is 5.92 Å². The van der Waals surface area contributed by atoms with Crippen molar-refractivity contribution in [1.29, 1.82) is 0 Å². The summed E-state index contributed by atoms with van der Waals surface area (Å²) in [7, 11) is 0. The number of carboxylic acid groups (broad SMARTS) is 1. The summed E-state index contributed by atoms with van der Waals surface area (Å²) >= 11 is 0.